The van der Waals surface area contributed by atoms with Crippen LogP contribution in [0, 0.1) is 20.8 Å². The number of ether oxygens (including phenoxy) is 1. The largest absolute Gasteiger partial charge is 0.374 e. The summed E-state index contributed by atoms with van der Waals surface area (Å²) in [7, 11) is 4.19. The summed E-state index contributed by atoms with van der Waals surface area (Å²) >= 11 is 0. The van der Waals surface area contributed by atoms with E-state index in [1.165, 1.54) is 22.3 Å². The fraction of sp³-hybridized carbons (Fsp3) is 0.625. The maximum atomic E-state index is 5.98. The molecule has 0 spiro atoms. The van der Waals surface area contributed by atoms with Gasteiger partial charge in [-0.15, -0.1) is 0 Å². The van der Waals surface area contributed by atoms with Crippen molar-refractivity contribution in [2.24, 2.45) is 0 Å². The van der Waals surface area contributed by atoms with Gasteiger partial charge < -0.3 is 15.0 Å². The number of morpholine rings is 1. The van der Waals surface area contributed by atoms with Crippen molar-refractivity contribution < 1.29 is 4.74 Å². The number of nitrogens with one attached hydrogen (secondary N) is 1. The number of hydrogen-bond acceptors (Lipinski definition) is 3. The lowest BCUT2D eigenvalue weighted by Crippen LogP contribution is -2.46. The van der Waals surface area contributed by atoms with E-state index in [1.54, 1.807) is 0 Å². The van der Waals surface area contributed by atoms with Gasteiger partial charge in [-0.3, -0.25) is 0 Å². The summed E-state index contributed by atoms with van der Waals surface area (Å²) in [6.45, 7) is 9.38. The van der Waals surface area contributed by atoms with Crippen molar-refractivity contribution >= 4 is 0 Å². The Morgan fingerprint density at radius 2 is 1.89 bits per heavy atom. The highest BCUT2D eigenvalue weighted by molar-refractivity contribution is 5.38. The van der Waals surface area contributed by atoms with Crippen LogP contribution in [0.4, 0.5) is 0 Å². The third-order valence-electron chi connectivity index (χ3n) is 4.20. The smallest absolute Gasteiger partial charge is 0.0896 e. The van der Waals surface area contributed by atoms with E-state index < -0.39 is 0 Å². The number of hydrogen-bond donors (Lipinski definition) is 1. The Labute approximate surface area is 116 Å². The summed E-state index contributed by atoms with van der Waals surface area (Å²) in [6, 6.07) is 4.85. The first-order chi connectivity index (χ1) is 9.02. The molecule has 1 aromatic rings. The molecule has 2 unspecified atom stereocenters. The van der Waals surface area contributed by atoms with Gasteiger partial charge in [-0.05, 0) is 57.1 Å². The van der Waals surface area contributed by atoms with Crippen molar-refractivity contribution in [1.29, 1.82) is 0 Å². The Kier molecular flexibility index (Phi) is 4.61. The first-order valence-corrected chi connectivity index (χ1v) is 7.08. The zero-order chi connectivity index (χ0) is 14.0. The summed E-state index contributed by atoms with van der Waals surface area (Å²) in [6.07, 6.45) is 0.226. The average Bonchev–Trinajstić information content (AvgIpc) is 2.36. The Morgan fingerprint density at radius 3 is 2.53 bits per heavy atom. The van der Waals surface area contributed by atoms with Crippen LogP contribution in [0.3, 0.4) is 0 Å². The van der Waals surface area contributed by atoms with Crippen molar-refractivity contribution in [3.63, 3.8) is 0 Å². The van der Waals surface area contributed by atoms with Gasteiger partial charge in [0.25, 0.3) is 0 Å². The zero-order valence-corrected chi connectivity index (χ0v) is 12.8. The molecule has 1 fully saturated rings. The maximum absolute atomic E-state index is 5.98. The van der Waals surface area contributed by atoms with Crippen LogP contribution < -0.4 is 5.32 Å². The second-order valence-electron chi connectivity index (χ2n) is 5.73. The van der Waals surface area contributed by atoms with Crippen molar-refractivity contribution in [2.45, 2.75) is 32.9 Å². The van der Waals surface area contributed by atoms with Gasteiger partial charge in [0.05, 0.1) is 18.8 Å². The lowest BCUT2D eigenvalue weighted by atomic mass is 9.92. The lowest BCUT2D eigenvalue weighted by molar-refractivity contribution is -0.0381. The quantitative estimate of drug-likeness (QED) is 0.904. The molecule has 1 aliphatic rings. The standard InChI is InChI=1S/C16H26N2O/c1-11-8-13(3)14(9-12(11)2)16(17-4)15-10-18(5)6-7-19-15/h8-9,15-17H,6-7,10H2,1-5H3. The molecular formula is C16H26N2O. The molecule has 19 heavy (non-hydrogen) atoms. The first kappa shape index (κ1) is 14.5. The Bertz CT molecular complexity index is 445. The van der Waals surface area contributed by atoms with E-state index in [-0.39, 0.29) is 12.1 Å². The van der Waals surface area contributed by atoms with Gasteiger partial charge in [0.1, 0.15) is 0 Å². The molecule has 3 nitrogen and oxygen atoms in total. The third-order valence-corrected chi connectivity index (χ3v) is 4.20. The minimum Gasteiger partial charge on any atom is -0.374 e. The van der Waals surface area contributed by atoms with Crippen molar-refractivity contribution in [3.05, 3.63) is 34.4 Å². The van der Waals surface area contributed by atoms with E-state index in [9.17, 15) is 0 Å². The van der Waals surface area contributed by atoms with E-state index in [1.807, 2.05) is 7.05 Å². The molecule has 0 bridgehead atoms. The van der Waals surface area contributed by atoms with Crippen LogP contribution in [-0.2, 0) is 4.74 Å². The van der Waals surface area contributed by atoms with E-state index >= 15 is 0 Å². The lowest BCUT2D eigenvalue weighted by Gasteiger charge is -2.36. The van der Waals surface area contributed by atoms with E-state index in [0.29, 0.717) is 0 Å². The summed E-state index contributed by atoms with van der Waals surface area (Å²) in [4.78, 5) is 2.34. The number of nitrogens with zero attached hydrogens (tertiary/aromatic N) is 1. The van der Waals surface area contributed by atoms with Gasteiger partial charge in [-0.2, -0.15) is 0 Å². The molecule has 1 saturated heterocycles. The molecule has 0 aliphatic carbocycles. The molecular weight excluding hydrogens is 236 g/mol. The van der Waals surface area contributed by atoms with E-state index in [0.717, 1.165) is 19.7 Å². The predicted octanol–water partition coefficient (Wildman–Crippen LogP) is 2.20. The predicted molar refractivity (Wildman–Crippen MR) is 79.7 cm³/mol. The highest BCUT2D eigenvalue weighted by Gasteiger charge is 2.28. The first-order valence-electron chi connectivity index (χ1n) is 7.08. The molecule has 2 rings (SSSR count). The zero-order valence-electron chi connectivity index (χ0n) is 12.8. The molecule has 0 saturated carbocycles. The van der Waals surface area contributed by atoms with Crippen LogP contribution in [0.2, 0.25) is 0 Å². The number of benzene rings is 1. The molecule has 0 radical (unpaired) electrons. The molecule has 1 aromatic carbocycles. The fourth-order valence-corrected chi connectivity index (χ4v) is 2.87. The maximum Gasteiger partial charge on any atom is 0.0896 e. The van der Waals surface area contributed by atoms with Crippen molar-refractivity contribution in [3.8, 4) is 0 Å². The van der Waals surface area contributed by atoms with E-state index in [2.05, 4.69) is 50.2 Å². The van der Waals surface area contributed by atoms with Crippen LogP contribution in [0.15, 0.2) is 12.1 Å². The SMILES string of the molecule is CNC(c1cc(C)c(C)cc1C)C1CN(C)CCO1. The molecule has 0 aromatic heterocycles. The topological polar surface area (TPSA) is 24.5 Å². The second-order valence-corrected chi connectivity index (χ2v) is 5.73. The fourth-order valence-electron chi connectivity index (χ4n) is 2.87. The van der Waals surface area contributed by atoms with Gasteiger partial charge >= 0.3 is 0 Å². The Morgan fingerprint density at radius 1 is 1.21 bits per heavy atom. The molecule has 106 valence electrons. The normalized spacial score (nSPS) is 22.5. The molecule has 2 atom stereocenters. The monoisotopic (exact) mass is 262 g/mol. The molecule has 1 N–H and O–H groups in total. The van der Waals surface area contributed by atoms with E-state index in [4.69, 9.17) is 4.74 Å². The van der Waals surface area contributed by atoms with Crippen LogP contribution in [-0.4, -0.2) is 44.8 Å². The number of rotatable bonds is 3. The van der Waals surface area contributed by atoms with Crippen molar-refractivity contribution in [1.82, 2.24) is 10.2 Å². The summed E-state index contributed by atoms with van der Waals surface area (Å²) in [5, 5.41) is 3.44. The Hall–Kier alpha value is -0.900. The van der Waals surface area contributed by atoms with Gasteiger partial charge in [0.15, 0.2) is 0 Å². The number of aryl methyl sites for hydroxylation is 3. The van der Waals surface area contributed by atoms with Gasteiger partial charge in [-0.1, -0.05) is 12.1 Å². The number of likely N-dealkylation sites (N-methyl/N-ethyl adjacent to an activating group) is 2. The molecule has 0 amide bonds. The Balaban J connectivity index is 2.28. The molecule has 1 aliphatic heterocycles. The van der Waals surface area contributed by atoms with Gasteiger partial charge in [0, 0.05) is 13.1 Å². The second kappa shape index (κ2) is 6.04. The van der Waals surface area contributed by atoms with Crippen LogP contribution >= 0.6 is 0 Å². The van der Waals surface area contributed by atoms with Crippen molar-refractivity contribution in [2.75, 3.05) is 33.8 Å². The van der Waals surface area contributed by atoms with Crippen LogP contribution in [0.1, 0.15) is 28.3 Å². The van der Waals surface area contributed by atoms with Crippen LogP contribution in [0.25, 0.3) is 0 Å². The summed E-state index contributed by atoms with van der Waals surface area (Å²) in [5.41, 5.74) is 5.42. The van der Waals surface area contributed by atoms with Crippen LogP contribution in [0.5, 0.6) is 0 Å². The summed E-state index contributed by atoms with van der Waals surface area (Å²) in [5.74, 6) is 0. The highest BCUT2D eigenvalue weighted by Crippen LogP contribution is 2.27. The molecule has 1 heterocycles. The minimum absolute atomic E-state index is 0.226. The minimum atomic E-state index is 0.226. The van der Waals surface area contributed by atoms with Gasteiger partial charge in [-0.25, -0.2) is 0 Å². The third kappa shape index (κ3) is 3.16. The molecule has 3 heteroatoms. The highest BCUT2D eigenvalue weighted by atomic mass is 16.5. The summed E-state index contributed by atoms with van der Waals surface area (Å²) < 4.78 is 5.98. The average molecular weight is 262 g/mol. The van der Waals surface area contributed by atoms with Gasteiger partial charge in [0.2, 0.25) is 0 Å².